The van der Waals surface area contributed by atoms with Crippen molar-refractivity contribution in [3.63, 3.8) is 0 Å². The van der Waals surface area contributed by atoms with Crippen molar-refractivity contribution in [2.45, 2.75) is 32.2 Å². The molecule has 140 valence electrons. The lowest BCUT2D eigenvalue weighted by atomic mass is 9.93. The fourth-order valence-corrected chi connectivity index (χ4v) is 2.78. The van der Waals surface area contributed by atoms with Crippen molar-refractivity contribution >= 4 is 29.2 Å². The first kappa shape index (κ1) is 19.2. The molecule has 1 saturated heterocycles. The summed E-state index contributed by atoms with van der Waals surface area (Å²) in [4.78, 5) is 48.1. The molecule has 1 heterocycles. The van der Waals surface area contributed by atoms with Crippen molar-refractivity contribution in [1.82, 2.24) is 10.2 Å². The Morgan fingerprint density at radius 3 is 2.50 bits per heavy atom. The molecule has 0 unspecified atom stereocenters. The van der Waals surface area contributed by atoms with Gasteiger partial charge in [-0.25, -0.2) is 4.79 Å². The first-order valence-corrected chi connectivity index (χ1v) is 8.04. The van der Waals surface area contributed by atoms with Gasteiger partial charge in [-0.2, -0.15) is 0 Å². The average Bonchev–Trinajstić information content (AvgIpc) is 2.86. The van der Waals surface area contributed by atoms with Gasteiger partial charge in [-0.1, -0.05) is 13.8 Å². The Labute approximate surface area is 149 Å². The molecule has 26 heavy (non-hydrogen) atoms. The van der Waals surface area contributed by atoms with Gasteiger partial charge in [0.05, 0.1) is 18.1 Å². The van der Waals surface area contributed by atoms with Crippen LogP contribution in [0.2, 0.25) is 0 Å². The normalized spacial score (nSPS) is 15.6. The first-order chi connectivity index (χ1) is 12.3. The SMILES string of the molecule is CCC1(CC)NC(=O)N(CC(=O)Nc2ccc(OC)cc2[N+](=O)[O-])C1=O. The lowest BCUT2D eigenvalue weighted by Gasteiger charge is -2.23. The quantitative estimate of drug-likeness (QED) is 0.430. The Hall–Kier alpha value is -3.17. The minimum absolute atomic E-state index is 0.0508. The fourth-order valence-electron chi connectivity index (χ4n) is 2.78. The summed E-state index contributed by atoms with van der Waals surface area (Å²) in [5, 5.41) is 16.1. The molecular weight excluding hydrogens is 344 g/mol. The zero-order valence-corrected chi connectivity index (χ0v) is 14.7. The summed E-state index contributed by atoms with van der Waals surface area (Å²) in [6.45, 7) is 3.01. The second-order valence-corrected chi connectivity index (χ2v) is 5.80. The number of nitrogens with one attached hydrogen (secondary N) is 2. The van der Waals surface area contributed by atoms with Gasteiger partial charge in [0, 0.05) is 0 Å². The molecule has 10 nitrogen and oxygen atoms in total. The van der Waals surface area contributed by atoms with Gasteiger partial charge in [0.25, 0.3) is 11.6 Å². The third-order valence-electron chi connectivity index (χ3n) is 4.43. The average molecular weight is 364 g/mol. The van der Waals surface area contributed by atoms with Crippen molar-refractivity contribution < 1.29 is 24.0 Å². The summed E-state index contributed by atoms with van der Waals surface area (Å²) >= 11 is 0. The maximum Gasteiger partial charge on any atom is 0.325 e. The lowest BCUT2D eigenvalue weighted by molar-refractivity contribution is -0.384. The van der Waals surface area contributed by atoms with E-state index < -0.39 is 34.9 Å². The second kappa shape index (κ2) is 7.38. The fraction of sp³-hybridized carbons (Fsp3) is 0.438. The maximum atomic E-state index is 12.5. The molecule has 1 aromatic rings. The number of imide groups is 1. The van der Waals surface area contributed by atoms with E-state index in [0.29, 0.717) is 12.8 Å². The van der Waals surface area contributed by atoms with Crippen molar-refractivity contribution in [3.8, 4) is 5.75 Å². The van der Waals surface area contributed by atoms with Gasteiger partial charge < -0.3 is 15.4 Å². The Balaban J connectivity index is 2.16. The summed E-state index contributed by atoms with van der Waals surface area (Å²) in [5.74, 6) is -0.934. The van der Waals surface area contributed by atoms with E-state index in [2.05, 4.69) is 10.6 Å². The predicted octanol–water partition coefficient (Wildman–Crippen LogP) is 1.65. The number of carbonyl (C=O) groups is 3. The molecule has 0 atom stereocenters. The molecule has 1 fully saturated rings. The van der Waals surface area contributed by atoms with E-state index in [0.717, 1.165) is 4.90 Å². The zero-order chi connectivity index (χ0) is 19.5. The van der Waals surface area contributed by atoms with Gasteiger partial charge in [0.15, 0.2) is 0 Å². The third kappa shape index (κ3) is 3.44. The second-order valence-electron chi connectivity index (χ2n) is 5.80. The number of carbonyl (C=O) groups excluding carboxylic acids is 3. The maximum absolute atomic E-state index is 12.5. The topological polar surface area (TPSA) is 131 Å². The van der Waals surface area contributed by atoms with E-state index in [1.165, 1.54) is 25.3 Å². The predicted molar refractivity (Wildman–Crippen MR) is 91.8 cm³/mol. The number of methoxy groups -OCH3 is 1. The Bertz CT molecular complexity index is 759. The van der Waals surface area contributed by atoms with Crippen LogP contribution >= 0.6 is 0 Å². The van der Waals surface area contributed by atoms with E-state index in [1.54, 1.807) is 13.8 Å². The van der Waals surface area contributed by atoms with E-state index in [1.807, 2.05) is 0 Å². The summed E-state index contributed by atoms with van der Waals surface area (Å²) in [6.07, 6.45) is 0.798. The van der Waals surface area contributed by atoms with Crippen molar-refractivity contribution in [2.24, 2.45) is 0 Å². The van der Waals surface area contributed by atoms with Crippen LogP contribution in [0, 0.1) is 10.1 Å². The first-order valence-electron chi connectivity index (χ1n) is 8.04. The van der Waals surface area contributed by atoms with E-state index in [9.17, 15) is 24.5 Å². The van der Waals surface area contributed by atoms with Crippen LogP contribution in [0.25, 0.3) is 0 Å². The Kier molecular flexibility index (Phi) is 5.44. The van der Waals surface area contributed by atoms with Crippen molar-refractivity contribution in [3.05, 3.63) is 28.3 Å². The largest absolute Gasteiger partial charge is 0.496 e. The highest BCUT2D eigenvalue weighted by Gasteiger charge is 2.49. The molecule has 4 amide bonds. The molecule has 10 heteroatoms. The van der Waals surface area contributed by atoms with Crippen LogP contribution in [0.5, 0.6) is 5.75 Å². The number of anilines is 1. The Morgan fingerprint density at radius 2 is 2.00 bits per heavy atom. The standard InChI is InChI=1S/C16H20N4O6/c1-4-16(5-2)14(22)19(15(23)18-16)9-13(21)17-11-7-6-10(26-3)8-12(11)20(24)25/h6-8H,4-5,9H2,1-3H3,(H,17,21)(H,18,23). The lowest BCUT2D eigenvalue weighted by Crippen LogP contribution is -2.46. The number of urea groups is 1. The summed E-state index contributed by atoms with van der Waals surface area (Å²) in [6, 6.07) is 3.29. The number of amides is 4. The summed E-state index contributed by atoms with van der Waals surface area (Å²) < 4.78 is 4.93. The van der Waals surface area contributed by atoms with Gasteiger partial charge in [-0.05, 0) is 25.0 Å². The van der Waals surface area contributed by atoms with Crippen LogP contribution in [0.1, 0.15) is 26.7 Å². The number of nitro benzene ring substituents is 1. The van der Waals surface area contributed by atoms with Gasteiger partial charge in [-0.3, -0.25) is 24.6 Å². The highest BCUT2D eigenvalue weighted by Crippen LogP contribution is 2.29. The molecule has 2 rings (SSSR count). The van der Waals surface area contributed by atoms with Gasteiger partial charge in [-0.15, -0.1) is 0 Å². The number of rotatable bonds is 7. The van der Waals surface area contributed by atoms with Crippen LogP contribution in [-0.2, 0) is 9.59 Å². The smallest absolute Gasteiger partial charge is 0.325 e. The van der Waals surface area contributed by atoms with Crippen molar-refractivity contribution in [1.29, 1.82) is 0 Å². The number of nitrogens with zero attached hydrogens (tertiary/aromatic N) is 2. The van der Waals surface area contributed by atoms with Crippen LogP contribution in [-0.4, -0.2) is 46.9 Å². The highest BCUT2D eigenvalue weighted by molar-refractivity contribution is 6.10. The van der Waals surface area contributed by atoms with Gasteiger partial charge >= 0.3 is 6.03 Å². The molecule has 0 spiro atoms. The van der Waals surface area contributed by atoms with Crippen LogP contribution in [0.15, 0.2) is 18.2 Å². The van der Waals surface area contributed by atoms with Gasteiger partial charge in [0.1, 0.15) is 23.5 Å². The summed E-state index contributed by atoms with van der Waals surface area (Å²) in [7, 11) is 1.36. The minimum atomic E-state index is -1.01. The highest BCUT2D eigenvalue weighted by atomic mass is 16.6. The van der Waals surface area contributed by atoms with E-state index >= 15 is 0 Å². The van der Waals surface area contributed by atoms with Crippen LogP contribution in [0.4, 0.5) is 16.2 Å². The number of ether oxygens (including phenoxy) is 1. The molecule has 0 saturated carbocycles. The van der Waals surface area contributed by atoms with Crippen molar-refractivity contribution in [2.75, 3.05) is 19.0 Å². The third-order valence-corrected chi connectivity index (χ3v) is 4.43. The van der Waals surface area contributed by atoms with Crippen LogP contribution in [0.3, 0.4) is 0 Å². The molecule has 1 aromatic carbocycles. The molecule has 1 aliphatic heterocycles. The summed E-state index contributed by atoms with van der Waals surface area (Å²) in [5.41, 5.74) is -1.42. The minimum Gasteiger partial charge on any atom is -0.496 e. The van der Waals surface area contributed by atoms with E-state index in [4.69, 9.17) is 4.74 Å². The number of hydrogen-bond donors (Lipinski definition) is 2. The van der Waals surface area contributed by atoms with Crippen LogP contribution < -0.4 is 15.4 Å². The van der Waals surface area contributed by atoms with Gasteiger partial charge in [0.2, 0.25) is 5.91 Å². The molecule has 1 aliphatic rings. The Morgan fingerprint density at radius 1 is 1.35 bits per heavy atom. The molecule has 2 N–H and O–H groups in total. The molecule has 0 bridgehead atoms. The monoisotopic (exact) mass is 364 g/mol. The van der Waals surface area contributed by atoms with E-state index in [-0.39, 0.29) is 17.1 Å². The molecule has 0 radical (unpaired) electrons. The number of hydrogen-bond acceptors (Lipinski definition) is 6. The molecule has 0 aromatic heterocycles. The zero-order valence-electron chi connectivity index (χ0n) is 14.7. The number of nitro groups is 1. The molecular formula is C16H20N4O6. The molecule has 0 aliphatic carbocycles. The number of benzene rings is 1.